The van der Waals surface area contributed by atoms with Crippen LogP contribution in [0.4, 0.5) is 11.4 Å². The maximum atomic E-state index is 12.8. The summed E-state index contributed by atoms with van der Waals surface area (Å²) in [6, 6.07) is 16.3. The number of piperidine rings is 1. The summed E-state index contributed by atoms with van der Waals surface area (Å²) in [5, 5.41) is 5.79. The number of carbonyl (C=O) groups is 2. The van der Waals surface area contributed by atoms with Gasteiger partial charge < -0.3 is 15.5 Å². The molecule has 148 valence electrons. The molecule has 1 saturated heterocycles. The van der Waals surface area contributed by atoms with E-state index in [1.54, 1.807) is 12.1 Å². The average Bonchev–Trinajstić information content (AvgIpc) is 2.73. The van der Waals surface area contributed by atoms with E-state index in [1.165, 1.54) is 24.9 Å². The van der Waals surface area contributed by atoms with Crippen LogP contribution >= 0.6 is 0 Å². The van der Waals surface area contributed by atoms with Crippen LogP contribution in [0.3, 0.4) is 0 Å². The van der Waals surface area contributed by atoms with Crippen LogP contribution in [0.2, 0.25) is 0 Å². The summed E-state index contributed by atoms with van der Waals surface area (Å²) < 4.78 is 0. The Hall–Kier alpha value is -2.82. The molecule has 0 bridgehead atoms. The Kier molecular flexibility index (Phi) is 6.69. The lowest BCUT2D eigenvalue weighted by Crippen LogP contribution is -2.47. The van der Waals surface area contributed by atoms with Gasteiger partial charge in [0.05, 0.1) is 0 Å². The number of nitrogens with zero attached hydrogens (tertiary/aromatic N) is 1. The van der Waals surface area contributed by atoms with Crippen molar-refractivity contribution in [2.24, 2.45) is 5.92 Å². The van der Waals surface area contributed by atoms with Crippen LogP contribution in [0.5, 0.6) is 0 Å². The first-order valence-corrected chi connectivity index (χ1v) is 10.1. The van der Waals surface area contributed by atoms with Crippen LogP contribution < -0.4 is 15.5 Å². The lowest BCUT2D eigenvalue weighted by molar-refractivity contribution is -0.118. The molecule has 0 spiro atoms. The van der Waals surface area contributed by atoms with Crippen LogP contribution in [-0.2, 0) is 4.79 Å². The number of anilines is 2. The standard InChI is InChI=1S/C23H29N3O2/c1-17(2)21(25-22(27)18-9-5-3-6-10-18)23(28)24-19-11-13-20(14-12-19)26-15-7-4-8-16-26/h3,5-6,9-14,17,21H,4,7-8,15-16H2,1-2H3,(H,24,28)(H,25,27)/t21-/m1/s1. The topological polar surface area (TPSA) is 61.4 Å². The first-order valence-electron chi connectivity index (χ1n) is 10.1. The predicted molar refractivity (Wildman–Crippen MR) is 114 cm³/mol. The van der Waals surface area contributed by atoms with Crippen LogP contribution in [0.25, 0.3) is 0 Å². The minimum atomic E-state index is -0.602. The highest BCUT2D eigenvalue weighted by Gasteiger charge is 2.24. The van der Waals surface area contributed by atoms with Crippen molar-refractivity contribution in [1.82, 2.24) is 5.32 Å². The van der Waals surface area contributed by atoms with E-state index in [0.717, 1.165) is 18.8 Å². The normalized spacial score (nSPS) is 15.2. The van der Waals surface area contributed by atoms with Crippen molar-refractivity contribution in [3.05, 3.63) is 60.2 Å². The number of hydrogen-bond acceptors (Lipinski definition) is 3. The third-order valence-corrected chi connectivity index (χ3v) is 5.13. The van der Waals surface area contributed by atoms with E-state index in [1.807, 2.05) is 56.3 Å². The van der Waals surface area contributed by atoms with Crippen molar-refractivity contribution in [3.8, 4) is 0 Å². The van der Waals surface area contributed by atoms with Gasteiger partial charge in [-0.2, -0.15) is 0 Å². The zero-order chi connectivity index (χ0) is 19.9. The molecule has 28 heavy (non-hydrogen) atoms. The van der Waals surface area contributed by atoms with Crippen LogP contribution in [0.15, 0.2) is 54.6 Å². The Bertz CT molecular complexity index is 781. The van der Waals surface area contributed by atoms with Crippen molar-refractivity contribution in [1.29, 1.82) is 0 Å². The molecule has 1 heterocycles. The first kappa shape index (κ1) is 19.9. The minimum absolute atomic E-state index is 0.0275. The summed E-state index contributed by atoms with van der Waals surface area (Å²) in [6.45, 7) is 6.03. The van der Waals surface area contributed by atoms with E-state index in [4.69, 9.17) is 0 Å². The van der Waals surface area contributed by atoms with Crippen LogP contribution in [0.1, 0.15) is 43.5 Å². The van der Waals surface area contributed by atoms with E-state index in [9.17, 15) is 9.59 Å². The van der Waals surface area contributed by atoms with E-state index in [0.29, 0.717) is 5.56 Å². The number of rotatable bonds is 6. The zero-order valence-electron chi connectivity index (χ0n) is 16.7. The second kappa shape index (κ2) is 9.40. The largest absolute Gasteiger partial charge is 0.372 e. The summed E-state index contributed by atoms with van der Waals surface area (Å²) in [5.74, 6) is -0.472. The number of nitrogens with one attached hydrogen (secondary N) is 2. The van der Waals surface area contributed by atoms with Crippen molar-refractivity contribution in [2.75, 3.05) is 23.3 Å². The Morgan fingerprint density at radius 1 is 0.893 bits per heavy atom. The van der Waals surface area contributed by atoms with E-state index >= 15 is 0 Å². The van der Waals surface area contributed by atoms with E-state index in [2.05, 4.69) is 15.5 Å². The van der Waals surface area contributed by atoms with Gasteiger partial charge >= 0.3 is 0 Å². The van der Waals surface area contributed by atoms with Gasteiger partial charge in [-0.15, -0.1) is 0 Å². The average molecular weight is 380 g/mol. The summed E-state index contributed by atoms with van der Waals surface area (Å²) in [6.07, 6.45) is 3.77. The molecule has 0 aromatic heterocycles. The van der Waals surface area contributed by atoms with Gasteiger partial charge in [0.1, 0.15) is 6.04 Å². The molecule has 2 aromatic carbocycles. The summed E-state index contributed by atoms with van der Waals surface area (Å²) >= 11 is 0. The molecule has 0 saturated carbocycles. The second-order valence-corrected chi connectivity index (χ2v) is 7.65. The van der Waals surface area contributed by atoms with Gasteiger partial charge in [-0.3, -0.25) is 9.59 Å². The monoisotopic (exact) mass is 379 g/mol. The lowest BCUT2D eigenvalue weighted by Gasteiger charge is -2.29. The van der Waals surface area contributed by atoms with E-state index in [-0.39, 0.29) is 17.7 Å². The van der Waals surface area contributed by atoms with Gasteiger partial charge in [0, 0.05) is 30.0 Å². The summed E-state index contributed by atoms with van der Waals surface area (Å²) in [5.41, 5.74) is 2.48. The van der Waals surface area contributed by atoms with Gasteiger partial charge in [-0.05, 0) is 61.6 Å². The first-order chi connectivity index (χ1) is 13.5. The van der Waals surface area contributed by atoms with Crippen molar-refractivity contribution in [3.63, 3.8) is 0 Å². The molecule has 0 radical (unpaired) electrons. The smallest absolute Gasteiger partial charge is 0.251 e. The van der Waals surface area contributed by atoms with Gasteiger partial charge in [-0.1, -0.05) is 32.0 Å². The van der Waals surface area contributed by atoms with Crippen molar-refractivity contribution >= 4 is 23.2 Å². The molecular formula is C23H29N3O2. The molecule has 1 aliphatic heterocycles. The number of benzene rings is 2. The maximum absolute atomic E-state index is 12.8. The van der Waals surface area contributed by atoms with Crippen LogP contribution in [-0.4, -0.2) is 30.9 Å². The Balaban J connectivity index is 1.62. The van der Waals surface area contributed by atoms with Gasteiger partial charge in [-0.25, -0.2) is 0 Å². The highest BCUT2D eigenvalue weighted by Crippen LogP contribution is 2.22. The quantitative estimate of drug-likeness (QED) is 0.795. The number of hydrogen-bond donors (Lipinski definition) is 2. The maximum Gasteiger partial charge on any atom is 0.251 e. The molecule has 2 aromatic rings. The minimum Gasteiger partial charge on any atom is -0.372 e. The van der Waals surface area contributed by atoms with E-state index < -0.39 is 6.04 Å². The third kappa shape index (κ3) is 5.12. The Labute approximate surface area is 167 Å². The van der Waals surface area contributed by atoms with Gasteiger partial charge in [0.2, 0.25) is 5.91 Å². The third-order valence-electron chi connectivity index (χ3n) is 5.13. The number of amides is 2. The molecule has 1 fully saturated rings. The highest BCUT2D eigenvalue weighted by molar-refractivity contribution is 6.01. The molecule has 2 amide bonds. The molecule has 0 unspecified atom stereocenters. The second-order valence-electron chi connectivity index (χ2n) is 7.65. The molecule has 5 heteroatoms. The molecule has 0 aliphatic carbocycles. The summed E-state index contributed by atoms with van der Waals surface area (Å²) in [7, 11) is 0. The van der Waals surface area contributed by atoms with Gasteiger partial charge in [0.25, 0.3) is 5.91 Å². The SMILES string of the molecule is CC(C)[C@@H](NC(=O)c1ccccc1)C(=O)Nc1ccc(N2CCCCC2)cc1. The zero-order valence-corrected chi connectivity index (χ0v) is 16.7. The fourth-order valence-corrected chi connectivity index (χ4v) is 3.48. The van der Waals surface area contributed by atoms with Gasteiger partial charge in [0.15, 0.2) is 0 Å². The fourth-order valence-electron chi connectivity index (χ4n) is 3.48. The highest BCUT2D eigenvalue weighted by atomic mass is 16.2. The number of carbonyl (C=O) groups excluding carboxylic acids is 2. The fraction of sp³-hybridized carbons (Fsp3) is 0.391. The van der Waals surface area contributed by atoms with Crippen molar-refractivity contribution in [2.45, 2.75) is 39.2 Å². The van der Waals surface area contributed by atoms with Crippen LogP contribution in [0, 0.1) is 5.92 Å². The molecule has 1 atom stereocenters. The Morgan fingerprint density at radius 3 is 2.14 bits per heavy atom. The molecule has 2 N–H and O–H groups in total. The molecular weight excluding hydrogens is 350 g/mol. The Morgan fingerprint density at radius 2 is 1.54 bits per heavy atom. The molecule has 3 rings (SSSR count). The lowest BCUT2D eigenvalue weighted by atomic mass is 10.0. The predicted octanol–water partition coefficient (Wildman–Crippen LogP) is 4.07. The summed E-state index contributed by atoms with van der Waals surface area (Å²) in [4.78, 5) is 27.6. The molecule has 1 aliphatic rings. The van der Waals surface area contributed by atoms with Crippen molar-refractivity contribution < 1.29 is 9.59 Å². The molecule has 5 nitrogen and oxygen atoms in total.